The van der Waals surface area contributed by atoms with Crippen LogP contribution in [0.1, 0.15) is 12.5 Å². The van der Waals surface area contributed by atoms with E-state index in [1.807, 2.05) is 12.3 Å². The van der Waals surface area contributed by atoms with E-state index < -0.39 is 11.9 Å². The van der Waals surface area contributed by atoms with Crippen molar-refractivity contribution in [3.05, 3.63) is 17.3 Å². The van der Waals surface area contributed by atoms with Gasteiger partial charge in [-0.05, 0) is 24.8 Å². The van der Waals surface area contributed by atoms with Crippen LogP contribution in [-0.2, 0) is 4.79 Å². The van der Waals surface area contributed by atoms with E-state index in [2.05, 4.69) is 15.3 Å². The second kappa shape index (κ2) is 4.05. The molecule has 84 valence electrons. The third kappa shape index (κ3) is 1.83. The summed E-state index contributed by atoms with van der Waals surface area (Å²) >= 11 is 1.55. The van der Waals surface area contributed by atoms with E-state index in [4.69, 9.17) is 5.73 Å². The lowest BCUT2D eigenvalue weighted by Gasteiger charge is -2.10. The Bertz CT molecular complexity index is 537. The molecule has 0 fully saturated rings. The Hall–Kier alpha value is -1.69. The lowest BCUT2D eigenvalue weighted by molar-refractivity contribution is -0.118. The second-order valence-corrected chi connectivity index (χ2v) is 4.47. The molecule has 0 aliphatic carbocycles. The van der Waals surface area contributed by atoms with Gasteiger partial charge in [0.05, 0.1) is 10.2 Å². The number of nitrogens with one attached hydrogen (secondary N) is 1. The standard InChI is InChI=1S/C10H12N4OS/c1-5-3-16-8-7(5)12-4-13-10(8)14-6(2)9(11)15/h3-4,6H,1-2H3,(H2,11,15)(H,12,13,14). The summed E-state index contributed by atoms with van der Waals surface area (Å²) in [6, 6.07) is -0.444. The van der Waals surface area contributed by atoms with E-state index >= 15 is 0 Å². The number of nitrogens with zero attached hydrogens (tertiary/aromatic N) is 2. The molecular weight excluding hydrogens is 224 g/mol. The number of carbonyl (C=O) groups is 1. The molecule has 0 radical (unpaired) electrons. The summed E-state index contributed by atoms with van der Waals surface area (Å²) in [5, 5.41) is 5.00. The molecule has 0 saturated carbocycles. The average Bonchev–Trinajstić information content (AvgIpc) is 2.62. The number of amides is 1. The third-order valence-electron chi connectivity index (χ3n) is 2.31. The van der Waals surface area contributed by atoms with E-state index in [9.17, 15) is 4.79 Å². The minimum Gasteiger partial charge on any atom is -0.368 e. The van der Waals surface area contributed by atoms with Crippen LogP contribution in [-0.4, -0.2) is 21.9 Å². The zero-order valence-electron chi connectivity index (χ0n) is 9.02. The molecule has 1 amide bonds. The van der Waals surface area contributed by atoms with Crippen molar-refractivity contribution in [2.45, 2.75) is 19.9 Å². The van der Waals surface area contributed by atoms with E-state index in [1.54, 1.807) is 18.3 Å². The van der Waals surface area contributed by atoms with Gasteiger partial charge >= 0.3 is 0 Å². The molecule has 0 bridgehead atoms. The Balaban J connectivity index is 2.41. The van der Waals surface area contributed by atoms with Gasteiger partial charge in [0.15, 0.2) is 0 Å². The Labute approximate surface area is 96.7 Å². The topological polar surface area (TPSA) is 80.9 Å². The van der Waals surface area contributed by atoms with Crippen LogP contribution in [0.25, 0.3) is 10.2 Å². The predicted molar refractivity (Wildman–Crippen MR) is 64.4 cm³/mol. The lowest BCUT2D eigenvalue weighted by Crippen LogP contribution is -2.32. The summed E-state index contributed by atoms with van der Waals surface area (Å²) in [6.45, 7) is 3.70. The maximum absolute atomic E-state index is 11.0. The minimum absolute atomic E-state index is 0.403. The first-order chi connectivity index (χ1) is 7.59. The molecular formula is C10H12N4OS. The summed E-state index contributed by atoms with van der Waals surface area (Å²) in [5.41, 5.74) is 7.22. The van der Waals surface area contributed by atoms with Crippen molar-refractivity contribution in [3.63, 3.8) is 0 Å². The third-order valence-corrected chi connectivity index (χ3v) is 3.40. The summed E-state index contributed by atoms with van der Waals surface area (Å²) in [4.78, 5) is 19.3. The zero-order chi connectivity index (χ0) is 11.7. The molecule has 3 N–H and O–H groups in total. The molecule has 16 heavy (non-hydrogen) atoms. The SMILES string of the molecule is Cc1csc2c(NC(C)C(N)=O)ncnc12. The maximum Gasteiger partial charge on any atom is 0.239 e. The highest BCUT2D eigenvalue weighted by atomic mass is 32.1. The van der Waals surface area contributed by atoms with Gasteiger partial charge < -0.3 is 11.1 Å². The normalized spacial score (nSPS) is 12.6. The van der Waals surface area contributed by atoms with Crippen LogP contribution in [0.2, 0.25) is 0 Å². The Kier molecular flexibility index (Phi) is 2.74. The van der Waals surface area contributed by atoms with E-state index in [0.29, 0.717) is 5.82 Å². The number of primary amides is 1. The van der Waals surface area contributed by atoms with E-state index in [-0.39, 0.29) is 0 Å². The summed E-state index contributed by atoms with van der Waals surface area (Å²) in [7, 11) is 0. The molecule has 2 heterocycles. The first-order valence-corrected chi connectivity index (χ1v) is 5.72. The molecule has 5 nitrogen and oxygen atoms in total. The van der Waals surface area contributed by atoms with Gasteiger partial charge in [-0.15, -0.1) is 11.3 Å². The molecule has 1 unspecified atom stereocenters. The first kappa shape index (κ1) is 10.8. The maximum atomic E-state index is 11.0. The average molecular weight is 236 g/mol. The van der Waals surface area contributed by atoms with Gasteiger partial charge in [0.2, 0.25) is 5.91 Å². The largest absolute Gasteiger partial charge is 0.368 e. The highest BCUT2D eigenvalue weighted by Gasteiger charge is 2.13. The van der Waals surface area contributed by atoms with Crippen LogP contribution in [0.3, 0.4) is 0 Å². The highest BCUT2D eigenvalue weighted by molar-refractivity contribution is 7.18. The van der Waals surface area contributed by atoms with Gasteiger partial charge in [-0.25, -0.2) is 9.97 Å². The molecule has 0 aromatic carbocycles. The lowest BCUT2D eigenvalue weighted by atomic mass is 10.3. The molecule has 0 aliphatic heterocycles. The number of aryl methyl sites for hydroxylation is 1. The summed E-state index contributed by atoms with van der Waals surface area (Å²) in [6.07, 6.45) is 1.48. The number of nitrogens with two attached hydrogens (primary N) is 1. The Morgan fingerprint density at radius 3 is 3.00 bits per heavy atom. The van der Waals surface area contributed by atoms with Gasteiger partial charge in [0.25, 0.3) is 0 Å². The number of rotatable bonds is 3. The number of carbonyl (C=O) groups excluding carboxylic acids is 1. The molecule has 1 atom stereocenters. The van der Waals surface area contributed by atoms with Crippen molar-refractivity contribution in [2.24, 2.45) is 5.73 Å². The molecule has 2 aromatic heterocycles. The van der Waals surface area contributed by atoms with Crippen LogP contribution in [0.5, 0.6) is 0 Å². The van der Waals surface area contributed by atoms with Crippen molar-refractivity contribution < 1.29 is 4.79 Å². The second-order valence-electron chi connectivity index (χ2n) is 3.59. The van der Waals surface area contributed by atoms with Crippen LogP contribution in [0.15, 0.2) is 11.7 Å². The van der Waals surface area contributed by atoms with Crippen LogP contribution in [0.4, 0.5) is 5.82 Å². The van der Waals surface area contributed by atoms with Crippen molar-refractivity contribution >= 4 is 33.3 Å². The fraction of sp³-hybridized carbons (Fsp3) is 0.300. The van der Waals surface area contributed by atoms with Gasteiger partial charge in [0, 0.05) is 0 Å². The first-order valence-electron chi connectivity index (χ1n) is 4.84. The number of hydrogen-bond donors (Lipinski definition) is 2. The van der Waals surface area contributed by atoms with Crippen molar-refractivity contribution in [1.82, 2.24) is 9.97 Å². The van der Waals surface area contributed by atoms with E-state index in [0.717, 1.165) is 15.8 Å². The number of aromatic nitrogens is 2. The summed E-state index contributed by atoms with van der Waals surface area (Å²) < 4.78 is 0.952. The molecule has 2 aromatic rings. The molecule has 2 rings (SSSR count). The summed E-state index contributed by atoms with van der Waals surface area (Å²) in [5.74, 6) is 0.259. The van der Waals surface area contributed by atoms with Gasteiger partial charge in [-0.1, -0.05) is 0 Å². The Morgan fingerprint density at radius 1 is 1.56 bits per heavy atom. The number of thiophene rings is 1. The number of fused-ring (bicyclic) bond motifs is 1. The van der Waals surface area contributed by atoms with Gasteiger partial charge in [-0.2, -0.15) is 0 Å². The van der Waals surface area contributed by atoms with Gasteiger partial charge in [-0.3, -0.25) is 4.79 Å². The van der Waals surface area contributed by atoms with Crippen molar-refractivity contribution in [2.75, 3.05) is 5.32 Å². The fourth-order valence-electron chi connectivity index (χ4n) is 1.35. The Morgan fingerprint density at radius 2 is 2.31 bits per heavy atom. The molecule has 6 heteroatoms. The van der Waals surface area contributed by atoms with Crippen molar-refractivity contribution in [3.8, 4) is 0 Å². The van der Waals surface area contributed by atoms with Crippen LogP contribution >= 0.6 is 11.3 Å². The van der Waals surface area contributed by atoms with Crippen LogP contribution in [0, 0.1) is 6.92 Å². The fourth-order valence-corrected chi connectivity index (χ4v) is 2.30. The highest BCUT2D eigenvalue weighted by Crippen LogP contribution is 2.28. The monoisotopic (exact) mass is 236 g/mol. The molecule has 0 spiro atoms. The van der Waals surface area contributed by atoms with Gasteiger partial charge in [0.1, 0.15) is 18.2 Å². The van der Waals surface area contributed by atoms with Crippen molar-refractivity contribution in [1.29, 1.82) is 0 Å². The quantitative estimate of drug-likeness (QED) is 0.841. The smallest absolute Gasteiger partial charge is 0.239 e. The predicted octanol–water partition coefficient (Wildman–Crippen LogP) is 1.29. The zero-order valence-corrected chi connectivity index (χ0v) is 9.84. The van der Waals surface area contributed by atoms with E-state index in [1.165, 1.54) is 6.33 Å². The van der Waals surface area contributed by atoms with Crippen LogP contribution < -0.4 is 11.1 Å². The minimum atomic E-state index is -0.444. The molecule has 0 saturated heterocycles. The molecule has 0 aliphatic rings. The number of hydrogen-bond acceptors (Lipinski definition) is 5. The number of anilines is 1.